The molecule has 2 aromatic rings. The van der Waals surface area contributed by atoms with Crippen LogP contribution in [0.3, 0.4) is 0 Å². The van der Waals surface area contributed by atoms with E-state index in [0.717, 1.165) is 34.3 Å². The molecule has 0 saturated heterocycles. The largest absolute Gasteiger partial charge is 0.356 e. The lowest BCUT2D eigenvalue weighted by molar-refractivity contribution is -0.116. The van der Waals surface area contributed by atoms with Gasteiger partial charge in [0.05, 0.1) is 17.2 Å². The molecule has 2 heterocycles. The van der Waals surface area contributed by atoms with Crippen molar-refractivity contribution in [3.05, 3.63) is 45.9 Å². The van der Waals surface area contributed by atoms with Crippen molar-refractivity contribution in [3.8, 4) is 0 Å². The zero-order chi connectivity index (χ0) is 17.6. The highest BCUT2D eigenvalue weighted by Gasteiger charge is 2.24. The molecule has 0 bridgehead atoms. The summed E-state index contributed by atoms with van der Waals surface area (Å²) in [5.41, 5.74) is 3.09. The smallest absolute Gasteiger partial charge is 0.225 e. The number of amides is 1. The Balaban J connectivity index is 0.00000243. The minimum atomic E-state index is 0. The topological polar surface area (TPSA) is 78.4 Å². The fourth-order valence-electron chi connectivity index (χ4n) is 2.89. The molecule has 0 aliphatic carbocycles. The van der Waals surface area contributed by atoms with Crippen molar-refractivity contribution in [1.29, 1.82) is 0 Å². The van der Waals surface area contributed by atoms with Gasteiger partial charge in [-0.3, -0.25) is 9.79 Å². The fraction of sp³-hybridized carbons (Fsp3) is 0.389. The number of aryl methyl sites for hydroxylation is 1. The van der Waals surface area contributed by atoms with Crippen LogP contribution in [-0.4, -0.2) is 30.4 Å². The van der Waals surface area contributed by atoms with Gasteiger partial charge < -0.3 is 16.0 Å². The molecular formula is C18H24IN5OS. The molecule has 0 saturated carbocycles. The van der Waals surface area contributed by atoms with Gasteiger partial charge in [0.25, 0.3) is 0 Å². The molecule has 1 unspecified atom stereocenters. The molecule has 0 radical (unpaired) electrons. The summed E-state index contributed by atoms with van der Waals surface area (Å²) >= 11 is 1.68. The zero-order valence-electron chi connectivity index (χ0n) is 14.9. The first-order chi connectivity index (χ1) is 12.2. The van der Waals surface area contributed by atoms with Crippen LogP contribution < -0.4 is 16.0 Å². The maximum atomic E-state index is 11.9. The van der Waals surface area contributed by atoms with Crippen molar-refractivity contribution >= 4 is 52.9 Å². The quantitative estimate of drug-likeness (QED) is 0.346. The van der Waals surface area contributed by atoms with Gasteiger partial charge in [-0.2, -0.15) is 0 Å². The van der Waals surface area contributed by atoms with E-state index in [4.69, 9.17) is 0 Å². The molecule has 6 nitrogen and oxygen atoms in total. The number of halogens is 1. The van der Waals surface area contributed by atoms with Crippen LogP contribution in [0, 0.1) is 0 Å². The summed E-state index contributed by atoms with van der Waals surface area (Å²) in [5.74, 6) is 0.909. The van der Waals surface area contributed by atoms with Crippen LogP contribution in [0.5, 0.6) is 0 Å². The summed E-state index contributed by atoms with van der Waals surface area (Å²) < 4.78 is 0. The molecule has 1 aromatic carbocycles. The molecule has 1 amide bonds. The summed E-state index contributed by atoms with van der Waals surface area (Å²) in [5, 5.41) is 12.7. The van der Waals surface area contributed by atoms with Crippen molar-refractivity contribution < 1.29 is 4.79 Å². The number of nitrogens with zero attached hydrogens (tertiary/aromatic N) is 2. The van der Waals surface area contributed by atoms with E-state index >= 15 is 0 Å². The Morgan fingerprint density at radius 2 is 2.19 bits per heavy atom. The molecule has 0 fully saturated rings. The highest BCUT2D eigenvalue weighted by Crippen LogP contribution is 2.31. The lowest BCUT2D eigenvalue weighted by Gasteiger charge is -2.26. The van der Waals surface area contributed by atoms with Crippen LogP contribution in [0.15, 0.2) is 34.6 Å². The van der Waals surface area contributed by atoms with E-state index in [1.54, 1.807) is 18.4 Å². The summed E-state index contributed by atoms with van der Waals surface area (Å²) in [6.45, 7) is 3.40. The van der Waals surface area contributed by atoms with E-state index in [2.05, 4.69) is 44.3 Å². The predicted octanol–water partition coefficient (Wildman–Crippen LogP) is 3.11. The predicted molar refractivity (Wildman–Crippen MR) is 118 cm³/mol. The SMILES string of the molecule is CCc1nc(CNC(=NC)NCC2CC(=O)Nc3ccccc32)cs1.I. The van der Waals surface area contributed by atoms with Crippen molar-refractivity contribution in [2.24, 2.45) is 4.99 Å². The average Bonchev–Trinajstić information content (AvgIpc) is 3.09. The first-order valence-corrected chi connectivity index (χ1v) is 9.34. The molecular weight excluding hydrogens is 461 g/mol. The van der Waals surface area contributed by atoms with Crippen LogP contribution in [-0.2, 0) is 17.8 Å². The molecule has 1 aliphatic heterocycles. The third-order valence-electron chi connectivity index (χ3n) is 4.18. The molecule has 1 aromatic heterocycles. The summed E-state index contributed by atoms with van der Waals surface area (Å²) in [6.07, 6.45) is 1.44. The van der Waals surface area contributed by atoms with Crippen LogP contribution in [0.4, 0.5) is 5.69 Å². The number of para-hydroxylation sites is 1. The third-order valence-corrected chi connectivity index (χ3v) is 5.23. The first-order valence-electron chi connectivity index (χ1n) is 8.46. The number of carbonyl (C=O) groups is 1. The molecule has 140 valence electrons. The van der Waals surface area contributed by atoms with E-state index in [0.29, 0.717) is 19.5 Å². The number of nitrogens with one attached hydrogen (secondary N) is 3. The Bertz CT molecular complexity index is 776. The van der Waals surface area contributed by atoms with Gasteiger partial charge in [0, 0.05) is 37.0 Å². The van der Waals surface area contributed by atoms with Crippen LogP contribution in [0.1, 0.15) is 35.5 Å². The van der Waals surface area contributed by atoms with Gasteiger partial charge in [-0.15, -0.1) is 35.3 Å². The van der Waals surface area contributed by atoms with Gasteiger partial charge >= 0.3 is 0 Å². The van der Waals surface area contributed by atoms with Crippen LogP contribution in [0.2, 0.25) is 0 Å². The monoisotopic (exact) mass is 485 g/mol. The van der Waals surface area contributed by atoms with Gasteiger partial charge in [-0.25, -0.2) is 4.98 Å². The van der Waals surface area contributed by atoms with E-state index in [-0.39, 0.29) is 35.8 Å². The standard InChI is InChI=1S/C18H23N5OS.HI/c1-3-17-22-13(11-25-17)10-21-18(19-2)20-9-12-8-16(24)23-15-7-5-4-6-14(12)15;/h4-7,11-12H,3,8-10H2,1-2H3,(H,23,24)(H2,19,20,21);1H. The Hall–Kier alpha value is -1.68. The highest BCUT2D eigenvalue weighted by atomic mass is 127. The maximum absolute atomic E-state index is 11.9. The van der Waals surface area contributed by atoms with Crippen LogP contribution in [0.25, 0.3) is 0 Å². The minimum absolute atomic E-state index is 0. The molecule has 3 rings (SSSR count). The van der Waals surface area contributed by atoms with Gasteiger partial charge in [0.15, 0.2) is 5.96 Å². The van der Waals surface area contributed by atoms with Crippen molar-refractivity contribution in [3.63, 3.8) is 0 Å². The van der Waals surface area contributed by atoms with Crippen molar-refractivity contribution in [2.45, 2.75) is 32.2 Å². The molecule has 1 aliphatic rings. The first kappa shape index (κ1) is 20.6. The van der Waals surface area contributed by atoms with E-state index < -0.39 is 0 Å². The van der Waals surface area contributed by atoms with E-state index in [1.807, 2.05) is 18.2 Å². The third kappa shape index (κ3) is 5.16. The number of anilines is 1. The Morgan fingerprint density at radius 3 is 2.92 bits per heavy atom. The van der Waals surface area contributed by atoms with E-state index in [1.165, 1.54) is 0 Å². The second-order valence-electron chi connectivity index (χ2n) is 5.93. The Labute approximate surface area is 174 Å². The maximum Gasteiger partial charge on any atom is 0.225 e. The van der Waals surface area contributed by atoms with Crippen LogP contribution >= 0.6 is 35.3 Å². The number of thiazole rings is 1. The number of benzene rings is 1. The second-order valence-corrected chi connectivity index (χ2v) is 6.87. The molecule has 0 spiro atoms. The zero-order valence-corrected chi connectivity index (χ0v) is 18.1. The summed E-state index contributed by atoms with van der Waals surface area (Å²) in [7, 11) is 1.75. The van der Waals surface area contributed by atoms with Gasteiger partial charge in [-0.05, 0) is 18.1 Å². The Kier molecular flexibility index (Phi) is 7.83. The lowest BCUT2D eigenvalue weighted by atomic mass is 9.90. The molecule has 8 heteroatoms. The lowest BCUT2D eigenvalue weighted by Crippen LogP contribution is -2.40. The number of aliphatic imine (C=N–C) groups is 1. The number of fused-ring (bicyclic) bond motifs is 1. The molecule has 3 N–H and O–H groups in total. The minimum Gasteiger partial charge on any atom is -0.356 e. The Morgan fingerprint density at radius 1 is 1.38 bits per heavy atom. The van der Waals surface area contributed by atoms with E-state index in [9.17, 15) is 4.79 Å². The average molecular weight is 485 g/mol. The number of rotatable bonds is 5. The van der Waals surface area contributed by atoms with Crippen molar-refractivity contribution in [2.75, 3.05) is 18.9 Å². The van der Waals surface area contributed by atoms with Gasteiger partial charge in [0.1, 0.15) is 0 Å². The van der Waals surface area contributed by atoms with Gasteiger partial charge in [0.2, 0.25) is 5.91 Å². The molecule has 26 heavy (non-hydrogen) atoms. The number of hydrogen-bond acceptors (Lipinski definition) is 4. The number of carbonyl (C=O) groups excluding carboxylic acids is 1. The van der Waals surface area contributed by atoms with Gasteiger partial charge in [-0.1, -0.05) is 25.1 Å². The molecule has 1 atom stereocenters. The summed E-state index contributed by atoms with van der Waals surface area (Å²) in [6, 6.07) is 7.96. The number of hydrogen-bond donors (Lipinski definition) is 3. The van der Waals surface area contributed by atoms with Crippen molar-refractivity contribution in [1.82, 2.24) is 15.6 Å². The fourth-order valence-corrected chi connectivity index (χ4v) is 3.64. The second kappa shape index (κ2) is 9.86. The number of guanidine groups is 1. The summed E-state index contributed by atoms with van der Waals surface area (Å²) in [4.78, 5) is 20.7. The number of aromatic nitrogens is 1. The normalized spacial score (nSPS) is 16.3. The highest BCUT2D eigenvalue weighted by molar-refractivity contribution is 14.0.